The van der Waals surface area contributed by atoms with Gasteiger partial charge in [-0.05, 0) is 30.5 Å². The minimum atomic E-state index is -0.760. The van der Waals surface area contributed by atoms with E-state index in [9.17, 15) is 4.79 Å². The van der Waals surface area contributed by atoms with Gasteiger partial charge in [0.15, 0.2) is 0 Å². The van der Waals surface area contributed by atoms with Crippen molar-refractivity contribution >= 4 is 5.97 Å². The molecular formula is C12H17NO2. The quantitative estimate of drug-likeness (QED) is 0.725. The lowest BCUT2D eigenvalue weighted by Crippen LogP contribution is -2.18. The molecule has 82 valence electrons. The van der Waals surface area contributed by atoms with Gasteiger partial charge in [-0.1, -0.05) is 18.2 Å². The van der Waals surface area contributed by atoms with E-state index in [1.165, 1.54) is 16.7 Å². The van der Waals surface area contributed by atoms with Crippen molar-refractivity contribution in [2.45, 2.75) is 26.8 Å². The molecule has 0 bridgehead atoms. The van der Waals surface area contributed by atoms with E-state index in [1.807, 2.05) is 6.07 Å². The third-order valence-corrected chi connectivity index (χ3v) is 2.46. The van der Waals surface area contributed by atoms with Crippen molar-refractivity contribution < 1.29 is 9.90 Å². The molecule has 0 spiro atoms. The second-order valence-electron chi connectivity index (χ2n) is 3.69. The molecule has 1 aromatic carbocycles. The van der Waals surface area contributed by atoms with Crippen molar-refractivity contribution in [2.24, 2.45) is 0 Å². The van der Waals surface area contributed by atoms with Crippen molar-refractivity contribution in [1.29, 1.82) is 0 Å². The summed E-state index contributed by atoms with van der Waals surface area (Å²) in [5.74, 6) is -0.760. The zero-order valence-corrected chi connectivity index (χ0v) is 9.21. The molecule has 3 nitrogen and oxygen atoms in total. The summed E-state index contributed by atoms with van der Waals surface area (Å²) in [5, 5.41) is 11.6. The van der Waals surface area contributed by atoms with Gasteiger partial charge in [0, 0.05) is 13.1 Å². The molecule has 1 rings (SSSR count). The maximum absolute atomic E-state index is 10.3. The first-order chi connectivity index (χ1) is 7.11. The normalized spacial score (nSPS) is 10.3. The molecule has 0 saturated heterocycles. The molecule has 0 aliphatic carbocycles. The Morgan fingerprint density at radius 3 is 2.47 bits per heavy atom. The number of rotatable bonds is 5. The number of hydrogen-bond acceptors (Lipinski definition) is 2. The average molecular weight is 207 g/mol. The lowest BCUT2D eigenvalue weighted by Gasteiger charge is -2.10. The van der Waals surface area contributed by atoms with Crippen LogP contribution in [0.4, 0.5) is 0 Å². The van der Waals surface area contributed by atoms with E-state index in [0.29, 0.717) is 6.54 Å². The molecule has 0 aromatic heterocycles. The van der Waals surface area contributed by atoms with Crippen LogP contribution in [0, 0.1) is 13.8 Å². The van der Waals surface area contributed by atoms with E-state index in [2.05, 4.69) is 31.3 Å². The first-order valence-corrected chi connectivity index (χ1v) is 5.09. The molecule has 0 aliphatic rings. The van der Waals surface area contributed by atoms with E-state index >= 15 is 0 Å². The highest BCUT2D eigenvalue weighted by Gasteiger charge is 2.01. The number of carboxylic acid groups (broad SMARTS) is 1. The molecule has 2 N–H and O–H groups in total. The molecule has 0 fully saturated rings. The maximum atomic E-state index is 10.3. The van der Waals surface area contributed by atoms with Crippen molar-refractivity contribution in [2.75, 3.05) is 6.54 Å². The van der Waals surface area contributed by atoms with Gasteiger partial charge in [-0.15, -0.1) is 0 Å². The fourth-order valence-electron chi connectivity index (χ4n) is 1.54. The summed E-state index contributed by atoms with van der Waals surface area (Å²) in [4.78, 5) is 10.3. The number of hydrogen-bond donors (Lipinski definition) is 2. The van der Waals surface area contributed by atoms with Gasteiger partial charge in [0.25, 0.3) is 0 Å². The van der Waals surface area contributed by atoms with Crippen molar-refractivity contribution in [3.8, 4) is 0 Å². The summed E-state index contributed by atoms with van der Waals surface area (Å²) in [6.45, 7) is 5.40. The van der Waals surface area contributed by atoms with Crippen molar-refractivity contribution in [3.05, 3.63) is 34.9 Å². The zero-order chi connectivity index (χ0) is 11.3. The van der Waals surface area contributed by atoms with Crippen LogP contribution in [0.1, 0.15) is 23.1 Å². The van der Waals surface area contributed by atoms with E-state index in [-0.39, 0.29) is 6.42 Å². The van der Waals surface area contributed by atoms with Crippen LogP contribution in [0.3, 0.4) is 0 Å². The Morgan fingerprint density at radius 1 is 1.33 bits per heavy atom. The number of carboxylic acids is 1. The number of benzene rings is 1. The molecule has 15 heavy (non-hydrogen) atoms. The Kier molecular flexibility index (Phi) is 4.31. The molecular weight excluding hydrogens is 190 g/mol. The molecule has 0 saturated carbocycles. The summed E-state index contributed by atoms with van der Waals surface area (Å²) < 4.78 is 0. The first kappa shape index (κ1) is 11.7. The Labute approximate surface area is 90.1 Å². The summed E-state index contributed by atoms with van der Waals surface area (Å²) in [6.07, 6.45) is 0.172. The molecule has 0 unspecified atom stereocenters. The summed E-state index contributed by atoms with van der Waals surface area (Å²) in [6, 6.07) is 6.17. The Morgan fingerprint density at radius 2 is 1.93 bits per heavy atom. The highest BCUT2D eigenvalue weighted by molar-refractivity contribution is 5.66. The van der Waals surface area contributed by atoms with Gasteiger partial charge >= 0.3 is 5.97 Å². The lowest BCUT2D eigenvalue weighted by molar-refractivity contribution is -0.136. The van der Waals surface area contributed by atoms with Gasteiger partial charge in [-0.3, -0.25) is 4.79 Å². The zero-order valence-electron chi connectivity index (χ0n) is 9.21. The van der Waals surface area contributed by atoms with Crippen LogP contribution >= 0.6 is 0 Å². The van der Waals surface area contributed by atoms with E-state index in [1.54, 1.807) is 0 Å². The van der Waals surface area contributed by atoms with Gasteiger partial charge in [-0.2, -0.15) is 0 Å². The summed E-state index contributed by atoms with van der Waals surface area (Å²) >= 11 is 0. The monoisotopic (exact) mass is 207 g/mol. The lowest BCUT2D eigenvalue weighted by atomic mass is 10.0. The third-order valence-electron chi connectivity index (χ3n) is 2.46. The van der Waals surface area contributed by atoms with Crippen molar-refractivity contribution in [1.82, 2.24) is 5.32 Å². The fraction of sp³-hybridized carbons (Fsp3) is 0.417. The second kappa shape index (κ2) is 5.51. The summed E-state index contributed by atoms with van der Waals surface area (Å²) in [7, 11) is 0. The fourth-order valence-corrected chi connectivity index (χ4v) is 1.54. The molecule has 0 amide bonds. The van der Waals surface area contributed by atoms with E-state index < -0.39 is 5.97 Å². The van der Waals surface area contributed by atoms with Crippen LogP contribution in [0.2, 0.25) is 0 Å². The number of aryl methyl sites for hydroxylation is 2. The first-order valence-electron chi connectivity index (χ1n) is 5.09. The van der Waals surface area contributed by atoms with Gasteiger partial charge in [0.1, 0.15) is 0 Å². The predicted octanol–water partition coefficient (Wildman–Crippen LogP) is 1.87. The van der Waals surface area contributed by atoms with Crippen molar-refractivity contribution in [3.63, 3.8) is 0 Å². The number of nitrogens with one attached hydrogen (secondary N) is 1. The average Bonchev–Trinajstić information content (AvgIpc) is 2.15. The Bertz CT molecular complexity index is 327. The van der Waals surface area contributed by atoms with Crippen LogP contribution < -0.4 is 5.32 Å². The molecule has 1 aromatic rings. The van der Waals surface area contributed by atoms with Gasteiger partial charge in [0.05, 0.1) is 6.42 Å². The second-order valence-corrected chi connectivity index (χ2v) is 3.69. The van der Waals surface area contributed by atoms with Crippen LogP contribution in [0.25, 0.3) is 0 Å². The van der Waals surface area contributed by atoms with Crippen LogP contribution in [0.15, 0.2) is 18.2 Å². The Hall–Kier alpha value is -1.35. The third kappa shape index (κ3) is 3.72. The van der Waals surface area contributed by atoms with Crippen LogP contribution in [-0.4, -0.2) is 17.6 Å². The molecule has 3 heteroatoms. The molecule has 0 radical (unpaired) electrons. The SMILES string of the molecule is Cc1cccc(C)c1CNCCC(=O)O. The van der Waals surface area contributed by atoms with Gasteiger partial charge in [-0.25, -0.2) is 0 Å². The molecule has 0 aliphatic heterocycles. The van der Waals surface area contributed by atoms with Crippen LogP contribution in [0.5, 0.6) is 0 Å². The smallest absolute Gasteiger partial charge is 0.304 e. The van der Waals surface area contributed by atoms with Gasteiger partial charge in [0.2, 0.25) is 0 Å². The maximum Gasteiger partial charge on any atom is 0.304 e. The topological polar surface area (TPSA) is 49.3 Å². The summed E-state index contributed by atoms with van der Waals surface area (Å²) in [5.41, 5.74) is 3.76. The van der Waals surface area contributed by atoms with Gasteiger partial charge < -0.3 is 10.4 Å². The highest BCUT2D eigenvalue weighted by Crippen LogP contribution is 2.12. The molecule has 0 heterocycles. The van der Waals surface area contributed by atoms with E-state index in [4.69, 9.17) is 5.11 Å². The molecule has 0 atom stereocenters. The predicted molar refractivity (Wildman–Crippen MR) is 59.9 cm³/mol. The number of carbonyl (C=O) groups is 1. The van der Waals surface area contributed by atoms with E-state index in [0.717, 1.165) is 6.54 Å². The minimum absolute atomic E-state index is 0.172. The van der Waals surface area contributed by atoms with Crippen LogP contribution in [-0.2, 0) is 11.3 Å². The standard InChI is InChI=1S/C12H17NO2/c1-9-4-3-5-10(2)11(9)8-13-7-6-12(14)15/h3-5,13H,6-8H2,1-2H3,(H,14,15). The largest absolute Gasteiger partial charge is 0.481 e. The minimum Gasteiger partial charge on any atom is -0.481 e. The number of aliphatic carboxylic acids is 1. The highest BCUT2D eigenvalue weighted by atomic mass is 16.4. The Balaban J connectivity index is 2.47.